The first-order valence-electron chi connectivity index (χ1n) is 7.06. The number of benzene rings is 1. The molecule has 0 aliphatic heterocycles. The van der Waals surface area contributed by atoms with Gasteiger partial charge in [-0.3, -0.25) is 0 Å². The van der Waals surface area contributed by atoms with Crippen molar-refractivity contribution in [2.75, 3.05) is 6.54 Å². The van der Waals surface area contributed by atoms with Gasteiger partial charge < -0.3 is 5.32 Å². The second-order valence-electron chi connectivity index (χ2n) is 5.70. The lowest BCUT2D eigenvalue weighted by molar-refractivity contribution is 0.577. The molecule has 2 fully saturated rings. The van der Waals surface area contributed by atoms with Crippen LogP contribution in [0.25, 0.3) is 0 Å². The van der Waals surface area contributed by atoms with Crippen LogP contribution in [0, 0.1) is 5.92 Å². The van der Waals surface area contributed by atoms with E-state index in [4.69, 9.17) is 11.6 Å². The molecule has 0 saturated heterocycles. The van der Waals surface area contributed by atoms with Crippen LogP contribution in [0.5, 0.6) is 0 Å². The first-order chi connectivity index (χ1) is 9.54. The SMILES string of the molecule is O=S(=O)(NCC1CC1)c1ccc(Cl)c(CNC2CC2)c1. The fourth-order valence-corrected chi connectivity index (χ4v) is 3.38. The van der Waals surface area contributed by atoms with Gasteiger partial charge in [0.25, 0.3) is 0 Å². The van der Waals surface area contributed by atoms with Crippen molar-refractivity contribution in [1.29, 1.82) is 0 Å². The third-order valence-corrected chi connectivity index (χ3v) is 5.53. The molecule has 6 heteroatoms. The maximum atomic E-state index is 12.2. The molecule has 2 N–H and O–H groups in total. The van der Waals surface area contributed by atoms with Crippen LogP contribution in [-0.2, 0) is 16.6 Å². The summed E-state index contributed by atoms with van der Waals surface area (Å²) < 4.78 is 27.1. The quantitative estimate of drug-likeness (QED) is 0.812. The summed E-state index contributed by atoms with van der Waals surface area (Å²) in [6.45, 7) is 1.16. The monoisotopic (exact) mass is 314 g/mol. The molecule has 4 nitrogen and oxygen atoms in total. The largest absolute Gasteiger partial charge is 0.310 e. The van der Waals surface area contributed by atoms with E-state index in [2.05, 4.69) is 10.0 Å². The van der Waals surface area contributed by atoms with Gasteiger partial charge in [0.2, 0.25) is 10.0 Å². The lowest BCUT2D eigenvalue weighted by Gasteiger charge is -2.10. The molecule has 2 aliphatic rings. The zero-order valence-corrected chi connectivity index (χ0v) is 12.8. The van der Waals surface area contributed by atoms with Gasteiger partial charge in [-0.15, -0.1) is 0 Å². The Hall–Kier alpha value is -0.620. The maximum Gasteiger partial charge on any atom is 0.240 e. The number of sulfonamides is 1. The van der Waals surface area contributed by atoms with Crippen LogP contribution in [-0.4, -0.2) is 21.0 Å². The van der Waals surface area contributed by atoms with Gasteiger partial charge >= 0.3 is 0 Å². The first-order valence-corrected chi connectivity index (χ1v) is 8.92. The molecule has 0 unspecified atom stereocenters. The highest BCUT2D eigenvalue weighted by molar-refractivity contribution is 7.89. The molecular formula is C14H19ClN2O2S. The van der Waals surface area contributed by atoms with Gasteiger partial charge in [-0.25, -0.2) is 13.1 Å². The highest BCUT2D eigenvalue weighted by Crippen LogP contribution is 2.28. The van der Waals surface area contributed by atoms with Crippen molar-refractivity contribution < 1.29 is 8.42 Å². The van der Waals surface area contributed by atoms with Gasteiger partial charge in [-0.2, -0.15) is 0 Å². The van der Waals surface area contributed by atoms with Crippen molar-refractivity contribution in [2.24, 2.45) is 5.92 Å². The zero-order chi connectivity index (χ0) is 14.2. The van der Waals surface area contributed by atoms with Gasteiger partial charge in [-0.05, 0) is 55.4 Å². The Morgan fingerprint density at radius 3 is 2.60 bits per heavy atom. The normalized spacial score (nSPS) is 19.2. The molecule has 20 heavy (non-hydrogen) atoms. The average Bonchev–Trinajstić information content (AvgIpc) is 3.28. The minimum atomic E-state index is -3.41. The summed E-state index contributed by atoms with van der Waals surface area (Å²) in [6.07, 6.45) is 4.64. The topological polar surface area (TPSA) is 58.2 Å². The van der Waals surface area contributed by atoms with E-state index < -0.39 is 10.0 Å². The molecule has 2 saturated carbocycles. The van der Waals surface area contributed by atoms with Gasteiger partial charge in [0.1, 0.15) is 0 Å². The van der Waals surface area contributed by atoms with E-state index in [-0.39, 0.29) is 0 Å². The Morgan fingerprint density at radius 1 is 1.20 bits per heavy atom. The minimum Gasteiger partial charge on any atom is -0.310 e. The molecule has 110 valence electrons. The number of halogens is 1. The summed E-state index contributed by atoms with van der Waals surface area (Å²) in [6, 6.07) is 5.47. The molecule has 1 aromatic rings. The van der Waals surface area contributed by atoms with E-state index in [9.17, 15) is 8.42 Å². The van der Waals surface area contributed by atoms with Gasteiger partial charge in [-0.1, -0.05) is 11.6 Å². The van der Waals surface area contributed by atoms with Gasteiger partial charge in [0.05, 0.1) is 4.90 Å². The number of rotatable bonds is 7. The lowest BCUT2D eigenvalue weighted by atomic mass is 10.2. The van der Waals surface area contributed by atoms with E-state index in [0.717, 1.165) is 18.4 Å². The van der Waals surface area contributed by atoms with E-state index in [0.29, 0.717) is 35.0 Å². The molecule has 1 aromatic carbocycles. The molecule has 0 radical (unpaired) electrons. The Kier molecular flexibility index (Phi) is 4.04. The molecule has 2 aliphatic carbocycles. The first kappa shape index (κ1) is 14.3. The Balaban J connectivity index is 1.71. The third-order valence-electron chi connectivity index (χ3n) is 3.74. The maximum absolute atomic E-state index is 12.2. The molecule has 0 spiro atoms. The van der Waals surface area contributed by atoms with Crippen LogP contribution in [0.15, 0.2) is 23.1 Å². The molecule has 0 bridgehead atoms. The second kappa shape index (κ2) is 5.64. The third kappa shape index (κ3) is 3.73. The summed E-state index contributed by atoms with van der Waals surface area (Å²) in [7, 11) is -3.41. The number of nitrogens with one attached hydrogen (secondary N) is 2. The summed E-state index contributed by atoms with van der Waals surface area (Å²) >= 11 is 6.13. The summed E-state index contributed by atoms with van der Waals surface area (Å²) in [5.41, 5.74) is 0.841. The van der Waals surface area contributed by atoms with E-state index in [1.54, 1.807) is 18.2 Å². The van der Waals surface area contributed by atoms with E-state index in [1.165, 1.54) is 12.8 Å². The molecule has 3 rings (SSSR count). The van der Waals surface area contributed by atoms with Crippen LogP contribution in [0.1, 0.15) is 31.2 Å². The van der Waals surface area contributed by atoms with Crippen LogP contribution in [0.3, 0.4) is 0 Å². The van der Waals surface area contributed by atoms with Crippen LogP contribution in [0.2, 0.25) is 5.02 Å². The van der Waals surface area contributed by atoms with Crippen molar-refractivity contribution in [3.63, 3.8) is 0 Å². The highest BCUT2D eigenvalue weighted by Gasteiger charge is 2.25. The standard InChI is InChI=1S/C14H19ClN2O2S/c15-14-6-5-13(7-11(14)9-16-12-3-4-12)20(18,19)17-8-10-1-2-10/h5-7,10,12,16-17H,1-4,8-9H2. The molecule has 0 amide bonds. The lowest BCUT2D eigenvalue weighted by Crippen LogP contribution is -2.26. The second-order valence-corrected chi connectivity index (χ2v) is 7.88. The van der Waals surface area contributed by atoms with Crippen LogP contribution >= 0.6 is 11.6 Å². The fraction of sp³-hybridized carbons (Fsp3) is 0.571. The highest BCUT2D eigenvalue weighted by atomic mass is 35.5. The van der Waals surface area contributed by atoms with Crippen molar-refractivity contribution in [3.8, 4) is 0 Å². The van der Waals surface area contributed by atoms with Crippen molar-refractivity contribution in [1.82, 2.24) is 10.0 Å². The minimum absolute atomic E-state index is 0.301. The van der Waals surface area contributed by atoms with Gasteiger partial charge in [0, 0.05) is 24.2 Å². The zero-order valence-electron chi connectivity index (χ0n) is 11.2. The smallest absolute Gasteiger partial charge is 0.240 e. The van der Waals surface area contributed by atoms with E-state index >= 15 is 0 Å². The fourth-order valence-electron chi connectivity index (χ4n) is 2.03. The molecule has 0 heterocycles. The van der Waals surface area contributed by atoms with Crippen LogP contribution < -0.4 is 10.0 Å². The molecular weight excluding hydrogens is 296 g/mol. The predicted molar refractivity (Wildman–Crippen MR) is 79.2 cm³/mol. The molecule has 0 atom stereocenters. The van der Waals surface area contributed by atoms with Crippen LogP contribution in [0.4, 0.5) is 0 Å². The Morgan fingerprint density at radius 2 is 1.95 bits per heavy atom. The summed E-state index contributed by atoms with van der Waals surface area (Å²) in [4.78, 5) is 0.301. The number of hydrogen-bond acceptors (Lipinski definition) is 3. The summed E-state index contributed by atoms with van der Waals surface area (Å²) in [5, 5.41) is 3.96. The average molecular weight is 315 g/mol. The Bertz CT molecular complexity index is 595. The van der Waals surface area contributed by atoms with Crippen molar-refractivity contribution >= 4 is 21.6 Å². The molecule has 0 aromatic heterocycles. The number of hydrogen-bond donors (Lipinski definition) is 2. The summed E-state index contributed by atoms with van der Waals surface area (Å²) in [5.74, 6) is 0.521. The van der Waals surface area contributed by atoms with Gasteiger partial charge in [0.15, 0.2) is 0 Å². The Labute approximate surface area is 125 Å². The van der Waals surface area contributed by atoms with E-state index in [1.807, 2.05) is 0 Å². The van der Waals surface area contributed by atoms with Crippen molar-refractivity contribution in [2.45, 2.75) is 43.2 Å². The predicted octanol–water partition coefficient (Wildman–Crippen LogP) is 2.28. The van der Waals surface area contributed by atoms with Crippen molar-refractivity contribution in [3.05, 3.63) is 28.8 Å².